The third-order valence-corrected chi connectivity index (χ3v) is 6.05. The molecule has 0 unspecified atom stereocenters. The van der Waals surface area contributed by atoms with E-state index >= 15 is 0 Å². The van der Waals surface area contributed by atoms with Gasteiger partial charge in [0.2, 0.25) is 11.8 Å². The summed E-state index contributed by atoms with van der Waals surface area (Å²) in [5, 5.41) is 8.75. The van der Waals surface area contributed by atoms with Crippen molar-refractivity contribution < 1.29 is 8.90 Å². The van der Waals surface area contributed by atoms with Crippen LogP contribution in [0.15, 0.2) is 40.8 Å². The number of hydrogen-bond acceptors (Lipinski definition) is 6. The minimum Gasteiger partial charge on any atom is -0.416 e. The smallest absolute Gasteiger partial charge is 0.248 e. The lowest BCUT2D eigenvalue weighted by Gasteiger charge is -2.40. The van der Waals surface area contributed by atoms with Crippen LogP contribution in [0.2, 0.25) is 0 Å². The monoisotopic (exact) mass is 435 g/mol. The highest BCUT2D eigenvalue weighted by Gasteiger charge is 2.28. The van der Waals surface area contributed by atoms with Gasteiger partial charge in [0.25, 0.3) is 0 Å². The molecule has 2 heterocycles. The summed E-state index contributed by atoms with van der Waals surface area (Å²) in [6.45, 7) is 5.94. The van der Waals surface area contributed by atoms with E-state index in [1.165, 1.54) is 22.5 Å². The van der Waals surface area contributed by atoms with Gasteiger partial charge in [-0.05, 0) is 63.0 Å². The molecule has 0 N–H and O–H groups in total. The standard InChI is InChI=1S/C25H35N6O/c1-8-29(4)22-11-9-18(13-20(22)15-28(2)3)24-26-27-25(32-24)19-10-12-23-21(14-19)16-31(6,7)17-30(23)5/h9-14H,8,15-17H2,1-7H3/q+1. The SMILES string of the molecule is CCN(C)c1ccc(-c2nnc(-c3ccc4c(c3)C[N+](C)(C)CN4C)o2)cc1CN(C)C. The third-order valence-electron chi connectivity index (χ3n) is 6.05. The fraction of sp³-hybridized carbons (Fsp3) is 0.440. The van der Waals surface area contributed by atoms with Crippen LogP contribution in [0.5, 0.6) is 0 Å². The Morgan fingerprint density at radius 2 is 1.66 bits per heavy atom. The molecule has 0 bridgehead atoms. The largest absolute Gasteiger partial charge is 0.416 e. The lowest BCUT2D eigenvalue weighted by Crippen LogP contribution is -2.50. The number of anilines is 2. The van der Waals surface area contributed by atoms with Crippen LogP contribution in [-0.4, -0.2) is 75.1 Å². The van der Waals surface area contributed by atoms with Crippen LogP contribution in [0.3, 0.4) is 0 Å². The van der Waals surface area contributed by atoms with Crippen LogP contribution in [0.4, 0.5) is 11.4 Å². The molecule has 4 rings (SSSR count). The van der Waals surface area contributed by atoms with Gasteiger partial charge in [-0.15, -0.1) is 10.2 Å². The molecule has 0 radical (unpaired) electrons. The molecule has 170 valence electrons. The van der Waals surface area contributed by atoms with Gasteiger partial charge in [-0.1, -0.05) is 0 Å². The topological polar surface area (TPSA) is 48.6 Å². The maximum Gasteiger partial charge on any atom is 0.248 e. The summed E-state index contributed by atoms with van der Waals surface area (Å²) in [7, 11) is 12.9. The Labute approximate surface area is 191 Å². The number of rotatable bonds is 6. The van der Waals surface area contributed by atoms with Crippen LogP contribution in [0.25, 0.3) is 22.9 Å². The van der Waals surface area contributed by atoms with E-state index in [9.17, 15) is 0 Å². The highest BCUT2D eigenvalue weighted by molar-refractivity contribution is 5.67. The molecule has 0 spiro atoms. The first-order valence-corrected chi connectivity index (χ1v) is 11.2. The fourth-order valence-corrected chi connectivity index (χ4v) is 4.56. The molecule has 0 saturated carbocycles. The molecule has 2 aromatic carbocycles. The molecular weight excluding hydrogens is 400 g/mol. The van der Waals surface area contributed by atoms with E-state index in [2.05, 4.69) is 111 Å². The molecule has 0 atom stereocenters. The maximum absolute atomic E-state index is 6.14. The molecule has 0 fully saturated rings. The summed E-state index contributed by atoms with van der Waals surface area (Å²) in [6.07, 6.45) is 0. The van der Waals surface area contributed by atoms with Crippen molar-refractivity contribution in [1.82, 2.24) is 15.1 Å². The maximum atomic E-state index is 6.14. The van der Waals surface area contributed by atoms with E-state index in [0.29, 0.717) is 11.8 Å². The number of fused-ring (bicyclic) bond motifs is 1. The lowest BCUT2D eigenvalue weighted by molar-refractivity contribution is -0.904. The summed E-state index contributed by atoms with van der Waals surface area (Å²) < 4.78 is 7.07. The van der Waals surface area contributed by atoms with E-state index in [1.807, 2.05) is 0 Å². The Balaban J connectivity index is 1.66. The Kier molecular flexibility index (Phi) is 5.97. The van der Waals surface area contributed by atoms with Crippen molar-refractivity contribution in [3.8, 4) is 22.9 Å². The number of aromatic nitrogens is 2. The van der Waals surface area contributed by atoms with E-state index in [0.717, 1.165) is 41.9 Å². The van der Waals surface area contributed by atoms with Gasteiger partial charge in [0.1, 0.15) is 6.54 Å². The van der Waals surface area contributed by atoms with Gasteiger partial charge in [0.15, 0.2) is 6.67 Å². The average molecular weight is 436 g/mol. The molecular formula is C25H35N6O+. The minimum absolute atomic E-state index is 0.552. The van der Waals surface area contributed by atoms with E-state index < -0.39 is 0 Å². The first-order valence-electron chi connectivity index (χ1n) is 11.2. The molecule has 1 aromatic heterocycles. The van der Waals surface area contributed by atoms with Gasteiger partial charge in [-0.2, -0.15) is 0 Å². The van der Waals surface area contributed by atoms with Crippen LogP contribution in [-0.2, 0) is 13.1 Å². The van der Waals surface area contributed by atoms with Crippen LogP contribution in [0.1, 0.15) is 18.1 Å². The van der Waals surface area contributed by atoms with Crippen molar-refractivity contribution in [2.75, 3.05) is 65.3 Å². The van der Waals surface area contributed by atoms with Gasteiger partial charge in [-0.25, -0.2) is 0 Å². The zero-order valence-electron chi connectivity index (χ0n) is 20.4. The molecule has 0 saturated heterocycles. The molecule has 0 amide bonds. The van der Waals surface area contributed by atoms with Crippen molar-refractivity contribution in [3.63, 3.8) is 0 Å². The van der Waals surface area contributed by atoms with Crippen molar-refractivity contribution in [2.24, 2.45) is 0 Å². The molecule has 7 heteroatoms. The summed E-state index contributed by atoms with van der Waals surface area (Å²) in [5.74, 6) is 1.11. The molecule has 7 nitrogen and oxygen atoms in total. The summed E-state index contributed by atoms with van der Waals surface area (Å²) in [5.41, 5.74) is 6.96. The van der Waals surface area contributed by atoms with Gasteiger partial charge in [0, 0.05) is 55.2 Å². The average Bonchev–Trinajstić information content (AvgIpc) is 3.21. The second kappa shape index (κ2) is 8.56. The second-order valence-corrected chi connectivity index (χ2v) is 9.78. The first-order chi connectivity index (χ1) is 15.2. The fourth-order valence-electron chi connectivity index (χ4n) is 4.56. The molecule has 3 aromatic rings. The van der Waals surface area contributed by atoms with E-state index in [-0.39, 0.29) is 0 Å². The lowest BCUT2D eigenvalue weighted by atomic mass is 10.0. The molecule has 0 aliphatic carbocycles. The predicted octanol–water partition coefficient (Wildman–Crippen LogP) is 3.91. The summed E-state index contributed by atoms with van der Waals surface area (Å²) in [6, 6.07) is 12.8. The number of nitrogens with zero attached hydrogens (tertiary/aromatic N) is 6. The van der Waals surface area contributed by atoms with E-state index in [4.69, 9.17) is 4.42 Å². The van der Waals surface area contributed by atoms with Crippen molar-refractivity contribution in [1.29, 1.82) is 0 Å². The molecule has 32 heavy (non-hydrogen) atoms. The summed E-state index contributed by atoms with van der Waals surface area (Å²) >= 11 is 0. The minimum atomic E-state index is 0.552. The van der Waals surface area contributed by atoms with Gasteiger partial charge >= 0.3 is 0 Å². The quantitative estimate of drug-likeness (QED) is 0.547. The third kappa shape index (κ3) is 4.49. The Hall–Kier alpha value is -2.90. The van der Waals surface area contributed by atoms with Crippen molar-refractivity contribution in [2.45, 2.75) is 20.0 Å². The highest BCUT2D eigenvalue weighted by Crippen LogP contribution is 2.34. The van der Waals surface area contributed by atoms with Crippen LogP contribution < -0.4 is 9.80 Å². The van der Waals surface area contributed by atoms with Gasteiger partial charge in [0.05, 0.1) is 14.1 Å². The van der Waals surface area contributed by atoms with E-state index in [1.54, 1.807) is 0 Å². The van der Waals surface area contributed by atoms with Crippen LogP contribution in [0, 0.1) is 0 Å². The zero-order chi connectivity index (χ0) is 23.0. The molecule has 1 aliphatic heterocycles. The predicted molar refractivity (Wildman–Crippen MR) is 131 cm³/mol. The van der Waals surface area contributed by atoms with Crippen molar-refractivity contribution >= 4 is 11.4 Å². The number of quaternary nitrogens is 1. The van der Waals surface area contributed by atoms with Crippen LogP contribution >= 0.6 is 0 Å². The Morgan fingerprint density at radius 3 is 2.31 bits per heavy atom. The van der Waals surface area contributed by atoms with Crippen molar-refractivity contribution in [3.05, 3.63) is 47.5 Å². The highest BCUT2D eigenvalue weighted by atomic mass is 16.4. The van der Waals surface area contributed by atoms with Gasteiger partial charge in [-0.3, -0.25) is 0 Å². The van der Waals surface area contributed by atoms with Gasteiger partial charge < -0.3 is 23.6 Å². The Bertz CT molecular complexity index is 1100. The zero-order valence-corrected chi connectivity index (χ0v) is 20.4. The molecule has 1 aliphatic rings. The number of benzene rings is 2. The normalized spacial score (nSPS) is 15.2. The summed E-state index contributed by atoms with van der Waals surface area (Å²) in [4.78, 5) is 6.74. The Morgan fingerprint density at radius 1 is 1.00 bits per heavy atom. The number of hydrogen-bond donors (Lipinski definition) is 0. The first kappa shape index (κ1) is 22.3. The second-order valence-electron chi connectivity index (χ2n) is 9.78.